The van der Waals surface area contributed by atoms with Crippen molar-refractivity contribution in [1.82, 2.24) is 9.13 Å². The van der Waals surface area contributed by atoms with Gasteiger partial charge in [-0.15, -0.1) is 12.8 Å². The smallest absolute Gasteiger partial charge is 0.334 e. The van der Waals surface area contributed by atoms with Gasteiger partial charge in [-0.1, -0.05) is 11.8 Å². The Hall–Kier alpha value is -2.55. The molecule has 0 spiro atoms. The van der Waals surface area contributed by atoms with Gasteiger partial charge in [-0.25, -0.2) is 13.8 Å². The van der Waals surface area contributed by atoms with Gasteiger partial charge in [0.1, 0.15) is 25.1 Å². The number of alkyl halides is 1. The van der Waals surface area contributed by atoms with Gasteiger partial charge in [0.05, 0.1) is 19.3 Å². The predicted octanol–water partition coefficient (Wildman–Crippen LogP) is -0.727. The standard InChI is InChI=1S/C15H15FN2O5/c1-3-5-17-14(20)11(22-6-4-2)8-18(15(17)21)13-7-10(16)12(9-19)23-13/h1-2,8,10,12-13,19H,5-7,9H2. The zero-order valence-corrected chi connectivity index (χ0v) is 12.1. The summed E-state index contributed by atoms with van der Waals surface area (Å²) in [7, 11) is 0. The van der Waals surface area contributed by atoms with Gasteiger partial charge in [0, 0.05) is 6.42 Å². The molecular weight excluding hydrogens is 307 g/mol. The second-order valence-electron chi connectivity index (χ2n) is 4.83. The zero-order valence-electron chi connectivity index (χ0n) is 12.1. The molecule has 23 heavy (non-hydrogen) atoms. The molecule has 3 atom stereocenters. The summed E-state index contributed by atoms with van der Waals surface area (Å²) in [5, 5.41) is 9.04. The minimum atomic E-state index is -1.43. The lowest BCUT2D eigenvalue weighted by Crippen LogP contribution is -2.41. The zero-order chi connectivity index (χ0) is 17.0. The Labute approximate surface area is 131 Å². The molecule has 0 bridgehead atoms. The Morgan fingerprint density at radius 1 is 1.43 bits per heavy atom. The molecule has 2 heterocycles. The molecule has 1 aromatic heterocycles. The molecule has 0 radical (unpaired) electrons. The van der Waals surface area contributed by atoms with Crippen LogP contribution in [0, 0.1) is 24.7 Å². The summed E-state index contributed by atoms with van der Waals surface area (Å²) >= 11 is 0. The van der Waals surface area contributed by atoms with Crippen molar-refractivity contribution in [1.29, 1.82) is 0 Å². The van der Waals surface area contributed by atoms with Crippen LogP contribution in [0.2, 0.25) is 0 Å². The molecule has 1 saturated heterocycles. The Morgan fingerprint density at radius 3 is 2.74 bits per heavy atom. The van der Waals surface area contributed by atoms with Gasteiger partial charge in [0.2, 0.25) is 5.75 Å². The molecule has 0 aromatic carbocycles. The molecule has 1 N–H and O–H groups in total. The molecular formula is C15H15FN2O5. The highest BCUT2D eigenvalue weighted by atomic mass is 19.1. The Bertz CT molecular complexity index is 770. The number of aliphatic hydroxyl groups excluding tert-OH is 1. The average Bonchev–Trinajstić information content (AvgIpc) is 2.91. The van der Waals surface area contributed by atoms with Gasteiger partial charge in [-0.05, 0) is 0 Å². The molecule has 0 amide bonds. The van der Waals surface area contributed by atoms with E-state index in [-0.39, 0.29) is 25.3 Å². The summed E-state index contributed by atoms with van der Waals surface area (Å²) in [6.07, 6.45) is 7.77. The fraction of sp³-hybridized carbons (Fsp3) is 0.467. The van der Waals surface area contributed by atoms with E-state index in [0.29, 0.717) is 0 Å². The molecule has 0 aliphatic carbocycles. The molecule has 2 rings (SSSR count). The van der Waals surface area contributed by atoms with E-state index in [4.69, 9.17) is 27.4 Å². The van der Waals surface area contributed by atoms with Gasteiger partial charge < -0.3 is 14.6 Å². The highest BCUT2D eigenvalue weighted by Crippen LogP contribution is 2.29. The fourth-order valence-corrected chi connectivity index (χ4v) is 2.28. The summed E-state index contributed by atoms with van der Waals surface area (Å²) in [6, 6.07) is 0. The molecule has 1 aliphatic rings. The molecule has 8 heteroatoms. The summed E-state index contributed by atoms with van der Waals surface area (Å²) in [4.78, 5) is 24.5. The molecule has 1 fully saturated rings. The van der Waals surface area contributed by atoms with E-state index >= 15 is 0 Å². The lowest BCUT2D eigenvalue weighted by atomic mass is 10.2. The maximum absolute atomic E-state index is 13.7. The topological polar surface area (TPSA) is 82.7 Å². The van der Waals surface area contributed by atoms with Crippen molar-refractivity contribution in [3.05, 3.63) is 27.0 Å². The average molecular weight is 322 g/mol. The van der Waals surface area contributed by atoms with Gasteiger partial charge in [0.25, 0.3) is 5.56 Å². The fourth-order valence-electron chi connectivity index (χ4n) is 2.28. The number of halogens is 1. The lowest BCUT2D eigenvalue weighted by molar-refractivity contribution is -0.0363. The third-order valence-corrected chi connectivity index (χ3v) is 3.38. The minimum Gasteiger partial charge on any atom is -0.474 e. The van der Waals surface area contributed by atoms with Gasteiger partial charge in [-0.2, -0.15) is 0 Å². The van der Waals surface area contributed by atoms with Gasteiger partial charge in [-0.3, -0.25) is 9.36 Å². The van der Waals surface area contributed by atoms with E-state index in [2.05, 4.69) is 11.8 Å². The number of rotatable bonds is 5. The van der Waals surface area contributed by atoms with Crippen molar-refractivity contribution >= 4 is 0 Å². The summed E-state index contributed by atoms with van der Waals surface area (Å²) in [5.41, 5.74) is -1.48. The van der Waals surface area contributed by atoms with Crippen LogP contribution in [0.4, 0.5) is 4.39 Å². The van der Waals surface area contributed by atoms with Crippen molar-refractivity contribution < 1.29 is 19.0 Å². The van der Waals surface area contributed by atoms with E-state index < -0.39 is 36.4 Å². The number of nitrogens with zero attached hydrogens (tertiary/aromatic N) is 2. The Morgan fingerprint density at radius 2 is 2.17 bits per heavy atom. The number of aliphatic hydroxyl groups is 1. The summed E-state index contributed by atoms with van der Waals surface area (Å²) < 4.78 is 25.9. The van der Waals surface area contributed by atoms with Crippen LogP contribution in [0.5, 0.6) is 5.75 Å². The molecule has 122 valence electrons. The first-order chi connectivity index (χ1) is 11.0. The summed E-state index contributed by atoms with van der Waals surface area (Å²) in [6.45, 7) is -0.975. The molecule has 0 saturated carbocycles. The quantitative estimate of drug-likeness (QED) is 0.723. The van der Waals surface area contributed by atoms with Crippen molar-refractivity contribution in [2.75, 3.05) is 13.2 Å². The van der Waals surface area contributed by atoms with E-state index in [1.165, 1.54) is 0 Å². The van der Waals surface area contributed by atoms with Crippen LogP contribution in [0.15, 0.2) is 15.8 Å². The van der Waals surface area contributed by atoms with Crippen molar-refractivity contribution in [3.63, 3.8) is 0 Å². The van der Waals surface area contributed by atoms with Crippen LogP contribution in [0.3, 0.4) is 0 Å². The Kier molecular flexibility index (Phi) is 5.22. The van der Waals surface area contributed by atoms with Gasteiger partial charge >= 0.3 is 5.69 Å². The van der Waals surface area contributed by atoms with Gasteiger partial charge in [0.15, 0.2) is 0 Å². The largest absolute Gasteiger partial charge is 0.474 e. The van der Waals surface area contributed by atoms with Crippen LogP contribution < -0.4 is 16.0 Å². The van der Waals surface area contributed by atoms with Crippen molar-refractivity contribution in [2.24, 2.45) is 0 Å². The van der Waals surface area contributed by atoms with Crippen molar-refractivity contribution in [2.45, 2.75) is 31.5 Å². The molecule has 3 unspecified atom stereocenters. The third-order valence-electron chi connectivity index (χ3n) is 3.38. The Balaban J connectivity index is 2.49. The minimum absolute atomic E-state index is 0.145. The third kappa shape index (κ3) is 3.29. The second kappa shape index (κ2) is 7.14. The maximum Gasteiger partial charge on any atom is 0.334 e. The second-order valence-corrected chi connectivity index (χ2v) is 4.83. The lowest BCUT2D eigenvalue weighted by Gasteiger charge is -2.17. The summed E-state index contributed by atoms with van der Waals surface area (Å²) in [5.74, 6) is 4.20. The SMILES string of the molecule is C#CCOc1cn(C2CC(F)C(CO)O2)c(=O)n(CC#C)c1=O. The maximum atomic E-state index is 13.7. The highest BCUT2D eigenvalue weighted by molar-refractivity contribution is 5.15. The van der Waals surface area contributed by atoms with Crippen molar-refractivity contribution in [3.8, 4) is 30.4 Å². The van der Waals surface area contributed by atoms with E-state index in [9.17, 15) is 14.0 Å². The van der Waals surface area contributed by atoms with Crippen LogP contribution in [-0.4, -0.2) is 39.7 Å². The first-order valence-electron chi connectivity index (χ1n) is 6.79. The van der Waals surface area contributed by atoms with E-state index in [0.717, 1.165) is 15.3 Å². The number of hydrogen-bond acceptors (Lipinski definition) is 5. The molecule has 7 nitrogen and oxygen atoms in total. The number of ether oxygens (including phenoxy) is 2. The number of aromatic nitrogens is 2. The number of hydrogen-bond donors (Lipinski definition) is 1. The van der Waals surface area contributed by atoms with Crippen LogP contribution >= 0.6 is 0 Å². The normalized spacial score (nSPS) is 23.2. The first-order valence-corrected chi connectivity index (χ1v) is 6.79. The number of terminal acetylenes is 2. The monoisotopic (exact) mass is 322 g/mol. The van der Waals surface area contributed by atoms with E-state index in [1.54, 1.807) is 0 Å². The molecule has 1 aromatic rings. The van der Waals surface area contributed by atoms with Crippen LogP contribution in [0.1, 0.15) is 12.6 Å². The predicted molar refractivity (Wildman–Crippen MR) is 78.6 cm³/mol. The highest BCUT2D eigenvalue weighted by Gasteiger charge is 2.37. The molecule has 1 aliphatic heterocycles. The van der Waals surface area contributed by atoms with Crippen LogP contribution in [0.25, 0.3) is 0 Å². The van der Waals surface area contributed by atoms with E-state index in [1.807, 2.05) is 0 Å². The first kappa shape index (κ1) is 16.8. The van der Waals surface area contributed by atoms with Crippen LogP contribution in [-0.2, 0) is 11.3 Å².